The molecule has 0 atom stereocenters. The first kappa shape index (κ1) is 22.0. The number of ether oxygens (including phenoxy) is 2. The quantitative estimate of drug-likeness (QED) is 0.465. The van der Waals surface area contributed by atoms with Crippen molar-refractivity contribution in [2.45, 2.75) is 6.92 Å². The van der Waals surface area contributed by atoms with Gasteiger partial charge in [0.05, 0.1) is 12.8 Å². The van der Waals surface area contributed by atoms with E-state index in [1.807, 2.05) is 6.92 Å². The predicted octanol–water partition coefficient (Wildman–Crippen LogP) is 4.63. The summed E-state index contributed by atoms with van der Waals surface area (Å²) >= 11 is 5.90. The molecule has 0 saturated carbocycles. The van der Waals surface area contributed by atoms with E-state index in [0.717, 1.165) is 5.56 Å². The average Bonchev–Trinajstić information content (AvgIpc) is 2.75. The van der Waals surface area contributed by atoms with Gasteiger partial charge in [0.25, 0.3) is 11.8 Å². The van der Waals surface area contributed by atoms with Crippen LogP contribution in [0.2, 0.25) is 5.02 Å². The fourth-order valence-electron chi connectivity index (χ4n) is 2.77. The maximum Gasteiger partial charge on any atom is 0.262 e. The van der Waals surface area contributed by atoms with Crippen LogP contribution in [0.5, 0.6) is 17.2 Å². The Labute approximate surface area is 184 Å². The molecule has 31 heavy (non-hydrogen) atoms. The third kappa shape index (κ3) is 5.90. The van der Waals surface area contributed by atoms with Crippen LogP contribution >= 0.6 is 11.6 Å². The standard InChI is InChI=1S/C23H21ClN2O5/c1-14-11-16(24)5-10-21(14)31-13-22(28)25-17-6-9-19(20(27)12-17)26-23(29)15-3-7-18(30-2)8-4-15/h3-12,27H,13H2,1-2H3,(H,25,28)(H,26,29). The molecular weight excluding hydrogens is 420 g/mol. The molecule has 0 aromatic heterocycles. The van der Waals surface area contributed by atoms with Crippen LogP contribution in [-0.2, 0) is 4.79 Å². The normalized spacial score (nSPS) is 10.3. The predicted molar refractivity (Wildman–Crippen MR) is 119 cm³/mol. The monoisotopic (exact) mass is 440 g/mol. The van der Waals surface area contributed by atoms with Gasteiger partial charge in [-0.25, -0.2) is 0 Å². The van der Waals surface area contributed by atoms with Crippen molar-refractivity contribution in [2.75, 3.05) is 24.4 Å². The van der Waals surface area contributed by atoms with Gasteiger partial charge in [-0.1, -0.05) is 11.6 Å². The molecule has 3 aromatic carbocycles. The first-order valence-electron chi connectivity index (χ1n) is 9.33. The van der Waals surface area contributed by atoms with E-state index in [-0.39, 0.29) is 24.0 Å². The van der Waals surface area contributed by atoms with Gasteiger partial charge in [0, 0.05) is 22.3 Å². The Morgan fingerprint density at radius 1 is 1.00 bits per heavy atom. The highest BCUT2D eigenvalue weighted by Gasteiger charge is 2.11. The van der Waals surface area contributed by atoms with Crippen LogP contribution in [0, 0.1) is 6.92 Å². The summed E-state index contributed by atoms with van der Waals surface area (Å²) in [7, 11) is 1.54. The summed E-state index contributed by atoms with van der Waals surface area (Å²) in [6.45, 7) is 1.62. The Morgan fingerprint density at radius 2 is 1.74 bits per heavy atom. The third-order valence-corrected chi connectivity index (χ3v) is 4.61. The van der Waals surface area contributed by atoms with Gasteiger partial charge in [-0.15, -0.1) is 0 Å². The van der Waals surface area contributed by atoms with Gasteiger partial charge < -0.3 is 25.2 Å². The molecule has 160 valence electrons. The van der Waals surface area contributed by atoms with Gasteiger partial charge in [0.15, 0.2) is 6.61 Å². The second kappa shape index (κ2) is 9.86. The van der Waals surface area contributed by atoms with E-state index in [0.29, 0.717) is 27.8 Å². The molecule has 3 N–H and O–H groups in total. The Bertz CT molecular complexity index is 1100. The lowest BCUT2D eigenvalue weighted by Gasteiger charge is -2.12. The zero-order valence-electron chi connectivity index (χ0n) is 16.9. The van der Waals surface area contributed by atoms with Gasteiger partial charge in [0.2, 0.25) is 0 Å². The summed E-state index contributed by atoms with van der Waals surface area (Å²) in [4.78, 5) is 24.5. The van der Waals surface area contributed by atoms with E-state index in [2.05, 4.69) is 10.6 Å². The number of rotatable bonds is 7. The number of hydrogen-bond acceptors (Lipinski definition) is 5. The topological polar surface area (TPSA) is 96.9 Å². The van der Waals surface area contributed by atoms with Crippen LogP contribution in [0.1, 0.15) is 15.9 Å². The summed E-state index contributed by atoms with van der Waals surface area (Å²) in [6.07, 6.45) is 0. The fourth-order valence-corrected chi connectivity index (χ4v) is 2.99. The SMILES string of the molecule is COc1ccc(C(=O)Nc2ccc(NC(=O)COc3ccc(Cl)cc3C)cc2O)cc1. The molecule has 0 heterocycles. The van der Waals surface area contributed by atoms with Crippen LogP contribution in [0.15, 0.2) is 60.7 Å². The molecule has 0 fully saturated rings. The van der Waals surface area contributed by atoms with E-state index in [9.17, 15) is 14.7 Å². The second-order valence-corrected chi connectivity index (χ2v) is 7.10. The molecule has 0 bridgehead atoms. The summed E-state index contributed by atoms with van der Waals surface area (Å²) in [5, 5.41) is 16.1. The van der Waals surface area contributed by atoms with Crippen LogP contribution in [0.3, 0.4) is 0 Å². The van der Waals surface area contributed by atoms with Crippen molar-refractivity contribution in [3.63, 3.8) is 0 Å². The lowest BCUT2D eigenvalue weighted by molar-refractivity contribution is -0.118. The van der Waals surface area contributed by atoms with Crippen molar-refractivity contribution in [2.24, 2.45) is 0 Å². The van der Waals surface area contributed by atoms with E-state index < -0.39 is 5.91 Å². The van der Waals surface area contributed by atoms with E-state index in [4.69, 9.17) is 21.1 Å². The van der Waals surface area contributed by atoms with Gasteiger partial charge in [-0.2, -0.15) is 0 Å². The smallest absolute Gasteiger partial charge is 0.262 e. The molecule has 3 aromatic rings. The molecular formula is C23H21ClN2O5. The Balaban J connectivity index is 1.58. The number of phenolic OH excluding ortho intramolecular Hbond substituents is 1. The second-order valence-electron chi connectivity index (χ2n) is 6.66. The number of phenols is 1. The van der Waals surface area contributed by atoms with Crippen molar-refractivity contribution >= 4 is 34.8 Å². The van der Waals surface area contributed by atoms with Crippen molar-refractivity contribution in [1.82, 2.24) is 0 Å². The summed E-state index contributed by atoms with van der Waals surface area (Å²) in [5.74, 6) is 0.216. The van der Waals surface area contributed by atoms with Crippen LogP contribution in [-0.4, -0.2) is 30.6 Å². The number of anilines is 2. The lowest BCUT2D eigenvalue weighted by Crippen LogP contribution is -2.20. The number of benzene rings is 3. The summed E-state index contributed by atoms with van der Waals surface area (Å²) in [5.41, 5.74) is 1.80. The number of methoxy groups -OCH3 is 1. The molecule has 3 rings (SSSR count). The molecule has 7 nitrogen and oxygen atoms in total. The maximum atomic E-state index is 12.3. The van der Waals surface area contributed by atoms with E-state index >= 15 is 0 Å². The van der Waals surface area contributed by atoms with Gasteiger partial charge in [0.1, 0.15) is 17.2 Å². The van der Waals surface area contributed by atoms with Gasteiger partial charge >= 0.3 is 0 Å². The number of halogens is 1. The lowest BCUT2D eigenvalue weighted by atomic mass is 10.2. The molecule has 0 aliphatic carbocycles. The number of nitrogens with one attached hydrogen (secondary N) is 2. The number of aromatic hydroxyl groups is 1. The van der Waals surface area contributed by atoms with Crippen LogP contribution in [0.4, 0.5) is 11.4 Å². The zero-order chi connectivity index (χ0) is 22.4. The average molecular weight is 441 g/mol. The van der Waals surface area contributed by atoms with E-state index in [1.165, 1.54) is 19.2 Å². The Kier molecular flexibility index (Phi) is 6.99. The molecule has 2 amide bonds. The fraction of sp³-hybridized carbons (Fsp3) is 0.130. The number of carbonyl (C=O) groups is 2. The first-order valence-corrected chi connectivity index (χ1v) is 9.70. The molecule has 8 heteroatoms. The number of hydrogen-bond donors (Lipinski definition) is 3. The minimum Gasteiger partial charge on any atom is -0.506 e. The summed E-state index contributed by atoms with van der Waals surface area (Å²) < 4.78 is 10.6. The van der Waals surface area contributed by atoms with Crippen molar-refractivity contribution < 1.29 is 24.2 Å². The number of carbonyl (C=O) groups excluding carboxylic acids is 2. The summed E-state index contributed by atoms with van der Waals surface area (Å²) in [6, 6.07) is 16.1. The minimum absolute atomic E-state index is 0.186. The third-order valence-electron chi connectivity index (χ3n) is 4.38. The maximum absolute atomic E-state index is 12.3. The van der Waals surface area contributed by atoms with Crippen molar-refractivity contribution in [3.8, 4) is 17.2 Å². The molecule has 0 spiro atoms. The van der Waals surface area contributed by atoms with Crippen LogP contribution < -0.4 is 20.1 Å². The highest BCUT2D eigenvalue weighted by Crippen LogP contribution is 2.28. The van der Waals surface area contributed by atoms with Gasteiger partial charge in [-0.3, -0.25) is 9.59 Å². The zero-order valence-corrected chi connectivity index (χ0v) is 17.7. The highest BCUT2D eigenvalue weighted by molar-refractivity contribution is 6.30. The largest absolute Gasteiger partial charge is 0.506 e. The minimum atomic E-state index is -0.399. The van der Waals surface area contributed by atoms with Gasteiger partial charge in [-0.05, 0) is 67.1 Å². The molecule has 0 unspecified atom stereocenters. The first-order chi connectivity index (χ1) is 14.9. The van der Waals surface area contributed by atoms with Crippen LogP contribution in [0.25, 0.3) is 0 Å². The molecule has 0 radical (unpaired) electrons. The number of aryl methyl sites for hydroxylation is 1. The number of amides is 2. The highest BCUT2D eigenvalue weighted by atomic mass is 35.5. The van der Waals surface area contributed by atoms with Crippen molar-refractivity contribution in [1.29, 1.82) is 0 Å². The van der Waals surface area contributed by atoms with E-state index in [1.54, 1.807) is 48.5 Å². The Hall–Kier alpha value is -3.71. The Morgan fingerprint density at radius 3 is 2.39 bits per heavy atom. The van der Waals surface area contributed by atoms with Crippen molar-refractivity contribution in [3.05, 3.63) is 76.8 Å². The molecule has 0 aliphatic heterocycles. The molecule has 0 saturated heterocycles. The molecule has 0 aliphatic rings.